The Morgan fingerprint density at radius 3 is 1.72 bits per heavy atom. The molecule has 198 valence electrons. The van der Waals surface area contributed by atoms with E-state index in [4.69, 9.17) is 0 Å². The maximum Gasteiger partial charge on any atom is 0.0468 e. The molecule has 9 aromatic carbocycles. The SMILES string of the molecule is c1ccc(N(c2ccc3c(c2)-c2cc4cccc5ccc6ccc-3c2c6c54)c2ccc3cc4ccccc4cc3c2)cc1. The quantitative estimate of drug-likeness (QED) is 0.158. The molecule has 1 nitrogen and oxygen atoms in total. The monoisotopic (exact) mass is 543 g/mol. The first kappa shape index (κ1) is 23.0. The Morgan fingerprint density at radius 2 is 0.860 bits per heavy atom. The summed E-state index contributed by atoms with van der Waals surface area (Å²) in [6, 6.07) is 56.1. The van der Waals surface area contributed by atoms with E-state index < -0.39 is 0 Å². The molecule has 0 amide bonds. The molecular weight excluding hydrogens is 518 g/mol. The summed E-state index contributed by atoms with van der Waals surface area (Å²) in [5.74, 6) is 0. The minimum atomic E-state index is 1.15. The van der Waals surface area contributed by atoms with Gasteiger partial charge in [0.05, 0.1) is 0 Å². The number of hydrogen-bond donors (Lipinski definition) is 0. The van der Waals surface area contributed by atoms with Crippen LogP contribution in [0.5, 0.6) is 0 Å². The molecule has 0 atom stereocenters. The molecule has 0 heterocycles. The molecule has 0 aliphatic heterocycles. The summed E-state index contributed by atoms with van der Waals surface area (Å²) in [4.78, 5) is 2.39. The van der Waals surface area contributed by atoms with Gasteiger partial charge in [0.2, 0.25) is 0 Å². The van der Waals surface area contributed by atoms with Crippen molar-refractivity contribution in [2.45, 2.75) is 0 Å². The number of para-hydroxylation sites is 1. The molecule has 0 saturated carbocycles. The Kier molecular flexibility index (Phi) is 4.51. The minimum Gasteiger partial charge on any atom is -0.310 e. The fourth-order valence-corrected chi connectivity index (χ4v) is 7.51. The molecule has 0 fully saturated rings. The number of benzene rings is 9. The Morgan fingerprint density at radius 1 is 0.256 bits per heavy atom. The molecule has 43 heavy (non-hydrogen) atoms. The van der Waals surface area contributed by atoms with Gasteiger partial charge >= 0.3 is 0 Å². The second kappa shape index (κ2) is 8.44. The highest BCUT2D eigenvalue weighted by atomic mass is 15.1. The summed E-state index contributed by atoms with van der Waals surface area (Å²) >= 11 is 0. The van der Waals surface area contributed by atoms with E-state index in [1.54, 1.807) is 0 Å². The van der Waals surface area contributed by atoms with Gasteiger partial charge in [-0.05, 0) is 131 Å². The number of fused-ring (bicyclic) bond motifs is 5. The molecular formula is C42H25N. The second-order valence-corrected chi connectivity index (χ2v) is 11.8. The van der Waals surface area contributed by atoms with Gasteiger partial charge in [0.25, 0.3) is 0 Å². The molecule has 1 aliphatic rings. The summed E-state index contributed by atoms with van der Waals surface area (Å²) in [6.07, 6.45) is 0. The van der Waals surface area contributed by atoms with Crippen LogP contribution in [0.25, 0.3) is 76.1 Å². The van der Waals surface area contributed by atoms with Gasteiger partial charge in [0.15, 0.2) is 0 Å². The van der Waals surface area contributed by atoms with Gasteiger partial charge in [-0.2, -0.15) is 0 Å². The third kappa shape index (κ3) is 3.22. The van der Waals surface area contributed by atoms with E-state index in [-0.39, 0.29) is 0 Å². The summed E-state index contributed by atoms with van der Waals surface area (Å²) in [5.41, 5.74) is 8.75. The van der Waals surface area contributed by atoms with Gasteiger partial charge in [0, 0.05) is 17.1 Å². The van der Waals surface area contributed by atoms with Crippen molar-refractivity contribution in [2.75, 3.05) is 4.90 Å². The highest BCUT2D eigenvalue weighted by Gasteiger charge is 2.26. The van der Waals surface area contributed by atoms with Gasteiger partial charge < -0.3 is 4.90 Å². The van der Waals surface area contributed by atoms with Crippen LogP contribution in [0, 0.1) is 0 Å². The van der Waals surface area contributed by atoms with Gasteiger partial charge in [-0.3, -0.25) is 0 Å². The van der Waals surface area contributed by atoms with Crippen molar-refractivity contribution in [1.82, 2.24) is 0 Å². The summed E-state index contributed by atoms with van der Waals surface area (Å²) in [7, 11) is 0. The van der Waals surface area contributed by atoms with Gasteiger partial charge in [0.1, 0.15) is 0 Å². The van der Waals surface area contributed by atoms with E-state index in [0.717, 1.165) is 17.1 Å². The molecule has 9 aromatic rings. The maximum atomic E-state index is 2.41. The Hall–Kier alpha value is -5.66. The van der Waals surface area contributed by atoms with E-state index >= 15 is 0 Å². The summed E-state index contributed by atoms with van der Waals surface area (Å²) in [6.45, 7) is 0. The predicted molar refractivity (Wildman–Crippen MR) is 184 cm³/mol. The molecule has 0 aromatic heterocycles. The molecule has 0 saturated heterocycles. The third-order valence-corrected chi connectivity index (χ3v) is 9.43. The fraction of sp³-hybridized carbons (Fsp3) is 0. The average molecular weight is 544 g/mol. The molecule has 1 heteroatoms. The van der Waals surface area contributed by atoms with Crippen molar-refractivity contribution in [1.29, 1.82) is 0 Å². The van der Waals surface area contributed by atoms with Crippen molar-refractivity contribution in [3.05, 3.63) is 152 Å². The lowest BCUT2D eigenvalue weighted by molar-refractivity contribution is 1.29. The van der Waals surface area contributed by atoms with Crippen LogP contribution in [0.4, 0.5) is 17.1 Å². The molecule has 1 aliphatic carbocycles. The van der Waals surface area contributed by atoms with Crippen LogP contribution < -0.4 is 4.90 Å². The second-order valence-electron chi connectivity index (χ2n) is 11.8. The lowest BCUT2D eigenvalue weighted by Crippen LogP contribution is -2.10. The van der Waals surface area contributed by atoms with Crippen molar-refractivity contribution >= 4 is 70.9 Å². The van der Waals surface area contributed by atoms with E-state index in [1.165, 1.54) is 76.1 Å². The highest BCUT2D eigenvalue weighted by molar-refractivity contribution is 6.32. The van der Waals surface area contributed by atoms with Crippen molar-refractivity contribution < 1.29 is 0 Å². The smallest absolute Gasteiger partial charge is 0.0468 e. The first-order valence-electron chi connectivity index (χ1n) is 14.9. The van der Waals surface area contributed by atoms with Crippen LogP contribution in [0.3, 0.4) is 0 Å². The molecule has 10 rings (SSSR count). The van der Waals surface area contributed by atoms with Crippen molar-refractivity contribution in [2.24, 2.45) is 0 Å². The zero-order valence-electron chi connectivity index (χ0n) is 23.4. The first-order valence-corrected chi connectivity index (χ1v) is 14.9. The molecule has 0 unspecified atom stereocenters. The highest BCUT2D eigenvalue weighted by Crippen LogP contribution is 2.53. The van der Waals surface area contributed by atoms with E-state index in [9.17, 15) is 0 Å². The Bertz CT molecular complexity index is 2560. The number of hydrogen-bond acceptors (Lipinski definition) is 1. The fourth-order valence-electron chi connectivity index (χ4n) is 7.51. The minimum absolute atomic E-state index is 1.15. The van der Waals surface area contributed by atoms with Crippen LogP contribution >= 0.6 is 0 Å². The Labute approximate surface area is 249 Å². The van der Waals surface area contributed by atoms with E-state index in [1.807, 2.05) is 0 Å². The van der Waals surface area contributed by atoms with Gasteiger partial charge in [-0.1, -0.05) is 97.1 Å². The largest absolute Gasteiger partial charge is 0.310 e. The molecule has 0 spiro atoms. The van der Waals surface area contributed by atoms with Crippen LogP contribution in [0.1, 0.15) is 0 Å². The molecule has 0 radical (unpaired) electrons. The molecule has 0 bridgehead atoms. The number of rotatable bonds is 3. The van der Waals surface area contributed by atoms with Gasteiger partial charge in [-0.15, -0.1) is 0 Å². The van der Waals surface area contributed by atoms with E-state index in [2.05, 4.69) is 157 Å². The normalized spacial score (nSPS) is 12.2. The van der Waals surface area contributed by atoms with Crippen LogP contribution in [0.15, 0.2) is 152 Å². The average Bonchev–Trinajstić information content (AvgIpc) is 3.38. The summed E-state index contributed by atoms with van der Waals surface area (Å²) < 4.78 is 0. The summed E-state index contributed by atoms with van der Waals surface area (Å²) in [5, 5.41) is 13.1. The number of nitrogens with zero attached hydrogens (tertiary/aromatic N) is 1. The zero-order chi connectivity index (χ0) is 28.1. The van der Waals surface area contributed by atoms with Crippen LogP contribution in [-0.4, -0.2) is 0 Å². The maximum absolute atomic E-state index is 2.41. The van der Waals surface area contributed by atoms with Crippen molar-refractivity contribution in [3.8, 4) is 22.3 Å². The van der Waals surface area contributed by atoms with Crippen LogP contribution in [0.2, 0.25) is 0 Å². The van der Waals surface area contributed by atoms with Crippen molar-refractivity contribution in [3.63, 3.8) is 0 Å². The van der Waals surface area contributed by atoms with E-state index in [0.29, 0.717) is 0 Å². The standard InChI is InChI=1S/C42H25N/c1-2-11-33(12-3-1)43(34-17-15-30-21-28-7-4-5-8-29(28)22-32(30)23-34)35-18-20-36-37-19-16-27-14-13-26-9-6-10-31-24-39(38(36)25-35)42(37)41(27)40(26)31/h1-25H. The Balaban J connectivity index is 1.21. The lowest BCUT2D eigenvalue weighted by Gasteiger charge is -2.26. The third-order valence-electron chi connectivity index (χ3n) is 9.43. The zero-order valence-corrected chi connectivity index (χ0v) is 23.4. The predicted octanol–water partition coefficient (Wildman–Crippen LogP) is 12.0. The topological polar surface area (TPSA) is 3.24 Å². The van der Waals surface area contributed by atoms with Gasteiger partial charge in [-0.25, -0.2) is 0 Å². The lowest BCUT2D eigenvalue weighted by atomic mass is 9.91. The van der Waals surface area contributed by atoms with Crippen LogP contribution in [-0.2, 0) is 0 Å². The number of anilines is 3. The molecule has 0 N–H and O–H groups in total. The first-order chi connectivity index (χ1) is 21.3.